The number of rotatable bonds is 4. The fourth-order valence-electron chi connectivity index (χ4n) is 4.08. The van der Waals surface area contributed by atoms with Crippen LogP contribution >= 0.6 is 0 Å². The molecule has 1 aromatic heterocycles. The van der Waals surface area contributed by atoms with Crippen LogP contribution in [-0.4, -0.2) is 46.9 Å². The van der Waals surface area contributed by atoms with Gasteiger partial charge in [0.15, 0.2) is 0 Å². The van der Waals surface area contributed by atoms with Crippen LogP contribution in [0.1, 0.15) is 61.0 Å². The minimum absolute atomic E-state index is 0.0376. The van der Waals surface area contributed by atoms with E-state index in [1.807, 2.05) is 0 Å². The van der Waals surface area contributed by atoms with Gasteiger partial charge in [-0.15, -0.1) is 13.2 Å². The van der Waals surface area contributed by atoms with Crippen LogP contribution in [0.2, 0.25) is 0 Å². The summed E-state index contributed by atoms with van der Waals surface area (Å²) in [5, 5.41) is 2.34. The quantitative estimate of drug-likeness (QED) is 0.533. The molecule has 0 atom stereocenters. The summed E-state index contributed by atoms with van der Waals surface area (Å²) in [6.45, 7) is 7.07. The van der Waals surface area contributed by atoms with Crippen molar-refractivity contribution >= 4 is 23.5 Å². The van der Waals surface area contributed by atoms with Crippen LogP contribution in [0.5, 0.6) is 5.75 Å². The third kappa shape index (κ3) is 6.76. The highest BCUT2D eigenvalue weighted by atomic mass is 19.4. The molecule has 0 unspecified atom stereocenters. The zero-order chi connectivity index (χ0) is 26.8. The summed E-state index contributed by atoms with van der Waals surface area (Å²) < 4.78 is 61.7. The molecule has 1 aliphatic rings. The van der Waals surface area contributed by atoms with E-state index in [2.05, 4.69) is 15.0 Å². The number of piperidine rings is 1. The van der Waals surface area contributed by atoms with Gasteiger partial charge in [0, 0.05) is 19.2 Å². The number of anilines is 2. The molecule has 2 heterocycles. The second-order valence-corrected chi connectivity index (χ2v) is 9.48. The van der Waals surface area contributed by atoms with Gasteiger partial charge in [0.05, 0.1) is 17.4 Å². The number of carbonyl (C=O) groups is 2. The summed E-state index contributed by atoms with van der Waals surface area (Å²) in [5.74, 6) is -1.52. The topological polar surface area (TPSA) is 107 Å². The highest BCUT2D eigenvalue weighted by Gasteiger charge is 2.33. The van der Waals surface area contributed by atoms with Crippen molar-refractivity contribution in [3.63, 3.8) is 0 Å². The average molecular weight is 513 g/mol. The number of benzene rings is 1. The van der Waals surface area contributed by atoms with Crippen molar-refractivity contribution in [1.29, 1.82) is 0 Å². The van der Waals surface area contributed by atoms with Crippen molar-refractivity contribution in [1.82, 2.24) is 9.88 Å². The van der Waals surface area contributed by atoms with Crippen molar-refractivity contribution in [2.75, 3.05) is 24.1 Å². The molecular formula is C24H28F4N4O4. The van der Waals surface area contributed by atoms with E-state index in [1.54, 1.807) is 27.7 Å². The summed E-state index contributed by atoms with van der Waals surface area (Å²) in [6.07, 6.45) is -3.94. The molecule has 8 nitrogen and oxygen atoms in total. The van der Waals surface area contributed by atoms with Gasteiger partial charge in [0.2, 0.25) is 0 Å². The Morgan fingerprint density at radius 1 is 1.17 bits per heavy atom. The molecule has 0 bridgehead atoms. The SMILES string of the molecule is Cc1c(N)ncc(F)c1C1CCN(C(=O)c2ccc(OC(F)(F)F)cc2NC(=O)OC(C)(C)C)CC1. The van der Waals surface area contributed by atoms with E-state index >= 15 is 0 Å². The largest absolute Gasteiger partial charge is 0.573 e. The Morgan fingerprint density at radius 2 is 1.81 bits per heavy atom. The Bertz CT molecular complexity index is 1140. The first-order valence-electron chi connectivity index (χ1n) is 11.2. The molecule has 1 saturated heterocycles. The Kier molecular flexibility index (Phi) is 7.65. The number of nitrogens with two attached hydrogens (primary N) is 1. The Labute approximate surface area is 205 Å². The van der Waals surface area contributed by atoms with Crippen LogP contribution in [0.4, 0.5) is 33.9 Å². The molecule has 1 fully saturated rings. The van der Waals surface area contributed by atoms with E-state index in [-0.39, 0.29) is 36.1 Å². The monoisotopic (exact) mass is 512 g/mol. The lowest BCUT2D eigenvalue weighted by Crippen LogP contribution is -2.38. The van der Waals surface area contributed by atoms with Crippen LogP contribution in [0.15, 0.2) is 24.4 Å². The molecule has 0 radical (unpaired) electrons. The van der Waals surface area contributed by atoms with Crippen molar-refractivity contribution in [3.05, 3.63) is 46.9 Å². The van der Waals surface area contributed by atoms with Gasteiger partial charge in [-0.25, -0.2) is 14.2 Å². The van der Waals surface area contributed by atoms with Crippen LogP contribution in [-0.2, 0) is 4.74 Å². The van der Waals surface area contributed by atoms with Gasteiger partial charge in [-0.05, 0) is 69.7 Å². The van der Waals surface area contributed by atoms with Crippen LogP contribution in [0.25, 0.3) is 0 Å². The molecule has 36 heavy (non-hydrogen) atoms. The fraction of sp³-hybridized carbons (Fsp3) is 0.458. The lowest BCUT2D eigenvalue weighted by Gasteiger charge is -2.33. The Balaban J connectivity index is 1.81. The number of likely N-dealkylation sites (tertiary alicyclic amines) is 1. The lowest BCUT2D eigenvalue weighted by atomic mass is 9.86. The zero-order valence-electron chi connectivity index (χ0n) is 20.3. The number of hydrogen-bond acceptors (Lipinski definition) is 6. The summed E-state index contributed by atoms with van der Waals surface area (Å²) >= 11 is 0. The summed E-state index contributed by atoms with van der Waals surface area (Å²) in [4.78, 5) is 30.9. The number of amides is 2. The molecule has 12 heteroatoms. The predicted molar refractivity (Wildman–Crippen MR) is 124 cm³/mol. The summed E-state index contributed by atoms with van der Waals surface area (Å²) in [7, 11) is 0. The number of nitrogens with one attached hydrogen (secondary N) is 1. The number of nitrogen functional groups attached to an aromatic ring is 1. The first-order chi connectivity index (χ1) is 16.6. The number of hydrogen-bond donors (Lipinski definition) is 2. The molecule has 3 rings (SSSR count). The predicted octanol–water partition coefficient (Wildman–Crippen LogP) is 5.38. The smallest absolute Gasteiger partial charge is 0.444 e. The van der Waals surface area contributed by atoms with Gasteiger partial charge in [0.1, 0.15) is 23.0 Å². The van der Waals surface area contributed by atoms with E-state index in [9.17, 15) is 27.2 Å². The standard InChI is InChI=1S/C24H28F4N4O4/c1-13-19(17(25)12-30-20(13)29)14-7-9-32(10-8-14)21(33)16-6-5-15(35-24(26,27)28)11-18(16)31-22(34)36-23(2,3)4/h5-6,11-12,14H,7-10H2,1-4H3,(H2,29,30)(H,31,34). The van der Waals surface area contributed by atoms with Crippen LogP contribution in [0, 0.1) is 12.7 Å². The third-order valence-corrected chi connectivity index (χ3v) is 5.64. The number of halogens is 4. The Hall–Kier alpha value is -3.57. The van der Waals surface area contributed by atoms with E-state index in [0.717, 1.165) is 24.4 Å². The van der Waals surface area contributed by atoms with E-state index in [0.29, 0.717) is 24.0 Å². The second kappa shape index (κ2) is 10.2. The maximum absolute atomic E-state index is 14.4. The van der Waals surface area contributed by atoms with Crippen LogP contribution < -0.4 is 15.8 Å². The maximum atomic E-state index is 14.4. The van der Waals surface area contributed by atoms with Gasteiger partial charge in [-0.1, -0.05) is 0 Å². The normalized spacial score (nSPS) is 14.9. The van der Waals surface area contributed by atoms with Crippen molar-refractivity contribution < 1.29 is 36.6 Å². The molecule has 3 N–H and O–H groups in total. The maximum Gasteiger partial charge on any atom is 0.573 e. The minimum Gasteiger partial charge on any atom is -0.444 e. The van der Waals surface area contributed by atoms with Crippen LogP contribution in [0.3, 0.4) is 0 Å². The van der Waals surface area contributed by atoms with Gasteiger partial charge in [0.25, 0.3) is 5.91 Å². The fourth-order valence-corrected chi connectivity index (χ4v) is 4.08. The molecule has 0 saturated carbocycles. The molecule has 2 aromatic rings. The zero-order valence-corrected chi connectivity index (χ0v) is 20.3. The van der Waals surface area contributed by atoms with Crippen molar-refractivity contribution in [2.45, 2.75) is 58.4 Å². The average Bonchev–Trinajstić information content (AvgIpc) is 2.74. The molecular weight excluding hydrogens is 484 g/mol. The number of carbonyl (C=O) groups excluding carboxylic acids is 2. The lowest BCUT2D eigenvalue weighted by molar-refractivity contribution is -0.274. The molecule has 0 aliphatic carbocycles. The van der Waals surface area contributed by atoms with Gasteiger partial charge in [-0.2, -0.15) is 0 Å². The molecule has 196 valence electrons. The second-order valence-electron chi connectivity index (χ2n) is 9.48. The van der Waals surface area contributed by atoms with Gasteiger partial charge in [-0.3, -0.25) is 10.1 Å². The summed E-state index contributed by atoms with van der Waals surface area (Å²) in [6, 6.07) is 3.05. The number of ether oxygens (including phenoxy) is 2. The number of nitrogens with zero attached hydrogens (tertiary/aromatic N) is 2. The molecule has 2 amide bonds. The van der Waals surface area contributed by atoms with E-state index in [4.69, 9.17) is 10.5 Å². The highest BCUT2D eigenvalue weighted by molar-refractivity contribution is 6.03. The highest BCUT2D eigenvalue weighted by Crippen LogP contribution is 2.35. The number of pyridine rings is 1. The van der Waals surface area contributed by atoms with Crippen molar-refractivity contribution in [3.8, 4) is 5.75 Å². The van der Waals surface area contributed by atoms with E-state index in [1.165, 1.54) is 4.90 Å². The van der Waals surface area contributed by atoms with Crippen molar-refractivity contribution in [2.24, 2.45) is 0 Å². The molecule has 1 aliphatic heterocycles. The third-order valence-electron chi connectivity index (χ3n) is 5.64. The van der Waals surface area contributed by atoms with Gasteiger partial charge < -0.3 is 20.1 Å². The van der Waals surface area contributed by atoms with E-state index < -0.39 is 35.5 Å². The first kappa shape index (κ1) is 27.0. The first-order valence-corrected chi connectivity index (χ1v) is 11.2. The van der Waals surface area contributed by atoms with Gasteiger partial charge >= 0.3 is 12.5 Å². The summed E-state index contributed by atoms with van der Waals surface area (Å²) in [5.41, 5.74) is 5.75. The number of alkyl halides is 3. The minimum atomic E-state index is -4.96. The molecule has 1 aromatic carbocycles. The Morgan fingerprint density at radius 3 is 2.39 bits per heavy atom. The number of aromatic nitrogens is 1. The molecule has 0 spiro atoms.